The van der Waals surface area contributed by atoms with Crippen LogP contribution in [0.5, 0.6) is 0 Å². The van der Waals surface area contributed by atoms with Crippen molar-refractivity contribution in [3.8, 4) is 11.4 Å². The molecule has 0 aliphatic heterocycles. The van der Waals surface area contributed by atoms with Crippen LogP contribution in [0, 0.1) is 0 Å². The molecule has 374 valence electrons. The van der Waals surface area contributed by atoms with Gasteiger partial charge in [0.25, 0.3) is 0 Å². The van der Waals surface area contributed by atoms with Gasteiger partial charge in [-0.2, -0.15) is 0 Å². The van der Waals surface area contributed by atoms with Gasteiger partial charge in [-0.3, -0.25) is 0 Å². The fraction of sp³-hybridized carbons (Fsp3) is 0.0541. The molecular formula is C74H58N4. The maximum Gasteiger partial charge on any atom is 0.0542 e. The zero-order valence-electron chi connectivity index (χ0n) is 43.5. The minimum absolute atomic E-state index is 0.348. The van der Waals surface area contributed by atoms with E-state index in [1.165, 1.54) is 54.8 Å². The first-order valence-corrected chi connectivity index (χ1v) is 27.0. The first-order chi connectivity index (χ1) is 38.6. The van der Waals surface area contributed by atoms with Crippen molar-refractivity contribution in [3.63, 3.8) is 0 Å². The Morgan fingerprint density at radius 2 is 0.718 bits per heavy atom. The maximum absolute atomic E-state index is 3.97. The number of aromatic nitrogens is 2. The highest BCUT2D eigenvalue weighted by Gasteiger charge is 2.21. The molecule has 0 amide bonds. The number of aryl methyl sites for hydroxylation is 1. The van der Waals surface area contributed by atoms with Crippen LogP contribution in [0.2, 0.25) is 0 Å². The van der Waals surface area contributed by atoms with E-state index in [1.807, 2.05) is 12.2 Å². The van der Waals surface area contributed by atoms with Gasteiger partial charge in [-0.05, 0) is 180 Å². The van der Waals surface area contributed by atoms with Crippen LogP contribution in [0.25, 0.3) is 67.1 Å². The van der Waals surface area contributed by atoms with Gasteiger partial charge < -0.3 is 18.9 Å². The number of rotatable bonds is 16. The van der Waals surface area contributed by atoms with Crippen molar-refractivity contribution < 1.29 is 0 Å². The summed E-state index contributed by atoms with van der Waals surface area (Å²) in [5.74, 6) is 0.348. The topological polar surface area (TPSA) is 16.3 Å². The average molecular weight is 1000 g/mol. The Morgan fingerprint density at radius 1 is 0.333 bits per heavy atom. The van der Waals surface area contributed by atoms with Crippen LogP contribution in [0.15, 0.2) is 286 Å². The minimum Gasteiger partial charge on any atom is -0.311 e. The molecule has 0 bridgehead atoms. The number of hydrogen-bond acceptors (Lipinski definition) is 2. The van der Waals surface area contributed by atoms with Crippen molar-refractivity contribution in [2.45, 2.75) is 25.2 Å². The molecule has 13 aromatic rings. The lowest BCUT2D eigenvalue weighted by atomic mass is 9.86. The zero-order chi connectivity index (χ0) is 52.4. The molecule has 0 aliphatic rings. The van der Waals surface area contributed by atoms with E-state index >= 15 is 0 Å². The van der Waals surface area contributed by atoms with Crippen molar-refractivity contribution in [3.05, 3.63) is 314 Å². The van der Waals surface area contributed by atoms with E-state index < -0.39 is 0 Å². The van der Waals surface area contributed by atoms with Crippen LogP contribution in [-0.4, -0.2) is 9.13 Å². The van der Waals surface area contributed by atoms with Crippen LogP contribution < -0.4 is 9.80 Å². The van der Waals surface area contributed by atoms with Gasteiger partial charge in [0.1, 0.15) is 0 Å². The Morgan fingerprint density at radius 3 is 1.23 bits per heavy atom. The Hall–Kier alpha value is -9.90. The van der Waals surface area contributed by atoms with Gasteiger partial charge in [-0.25, -0.2) is 0 Å². The molecule has 1 atom stereocenters. The molecule has 78 heavy (non-hydrogen) atoms. The standard InChI is InChI=1S/C74H58N4/c1-3-53-29-37-64(38-30-53)77-71-26-16-14-24-67(71)69-51-56(35-48-73(69)77)50-58(57-18-8-5-9-19-57)36-28-55-33-41-61(42-34-55)75(59-20-10-6-11-21-59)62-43-45-63(46-44-62)76(60-22-12-7-13-23-60)66-47-49-74-70(52-66)68-25-15-17-27-72(68)78(74)65-39-31-54(4-2)32-40-65/h3-27,29-35,37-49,51-52,58H,1-2,28,36,50H2. The lowest BCUT2D eigenvalue weighted by Gasteiger charge is -2.28. The molecular weight excluding hydrogens is 945 g/mol. The first-order valence-electron chi connectivity index (χ1n) is 27.0. The van der Waals surface area contributed by atoms with Gasteiger partial charge in [0.15, 0.2) is 0 Å². The number of benzene rings is 11. The van der Waals surface area contributed by atoms with E-state index in [2.05, 4.69) is 305 Å². The zero-order valence-corrected chi connectivity index (χ0v) is 43.5. The van der Waals surface area contributed by atoms with E-state index in [9.17, 15) is 0 Å². The van der Waals surface area contributed by atoms with E-state index in [0.717, 1.165) is 81.4 Å². The highest BCUT2D eigenvalue weighted by Crippen LogP contribution is 2.42. The molecule has 1 unspecified atom stereocenters. The average Bonchev–Trinajstić information content (AvgIpc) is 4.22. The highest BCUT2D eigenvalue weighted by molar-refractivity contribution is 6.11. The Bertz CT molecular complexity index is 4230. The molecule has 4 heteroatoms. The molecule has 2 heterocycles. The number of nitrogens with zero attached hydrogens (tertiary/aromatic N) is 4. The number of hydrogen-bond donors (Lipinski definition) is 0. The van der Waals surface area contributed by atoms with E-state index in [-0.39, 0.29) is 0 Å². The summed E-state index contributed by atoms with van der Waals surface area (Å²) < 4.78 is 4.75. The summed E-state index contributed by atoms with van der Waals surface area (Å²) in [6.45, 7) is 7.94. The summed E-state index contributed by atoms with van der Waals surface area (Å²) in [4.78, 5) is 4.72. The number of fused-ring (bicyclic) bond motifs is 6. The third-order valence-corrected chi connectivity index (χ3v) is 15.5. The molecule has 2 aromatic heterocycles. The summed E-state index contributed by atoms with van der Waals surface area (Å²) in [7, 11) is 0. The van der Waals surface area contributed by atoms with E-state index in [1.54, 1.807) is 0 Å². The maximum atomic E-state index is 3.97. The van der Waals surface area contributed by atoms with Gasteiger partial charge in [-0.15, -0.1) is 0 Å². The smallest absolute Gasteiger partial charge is 0.0542 e. The summed E-state index contributed by atoms with van der Waals surface area (Å²) >= 11 is 0. The van der Waals surface area contributed by atoms with Crippen molar-refractivity contribution in [2.75, 3.05) is 9.80 Å². The first kappa shape index (κ1) is 47.8. The van der Waals surface area contributed by atoms with Crippen molar-refractivity contribution >= 4 is 89.9 Å². The fourth-order valence-electron chi connectivity index (χ4n) is 11.7. The molecule has 0 N–H and O–H groups in total. The second-order valence-electron chi connectivity index (χ2n) is 20.2. The SMILES string of the molecule is C=Cc1ccc(-n2c3ccccc3c3cc(CC(CCc4ccc(N(c5ccccc5)c5ccc(N(c6ccccc6)c6ccc7c(c6)c6ccccc6n7-c6ccc(C=C)cc6)cc5)cc4)c4ccccc4)ccc32)cc1. The molecule has 11 aromatic carbocycles. The predicted octanol–water partition coefficient (Wildman–Crippen LogP) is 20.1. The number of anilines is 6. The Balaban J connectivity index is 0.787. The fourth-order valence-corrected chi connectivity index (χ4v) is 11.7. The molecule has 13 rings (SSSR count). The Labute approximate surface area is 457 Å². The van der Waals surface area contributed by atoms with Gasteiger partial charge >= 0.3 is 0 Å². The summed E-state index contributed by atoms with van der Waals surface area (Å²) in [6.07, 6.45) is 6.73. The van der Waals surface area contributed by atoms with Crippen LogP contribution >= 0.6 is 0 Å². The van der Waals surface area contributed by atoms with Crippen molar-refractivity contribution in [1.82, 2.24) is 9.13 Å². The highest BCUT2D eigenvalue weighted by atomic mass is 15.2. The molecule has 0 saturated heterocycles. The molecule has 4 nitrogen and oxygen atoms in total. The van der Waals surface area contributed by atoms with Crippen LogP contribution in [0.3, 0.4) is 0 Å². The van der Waals surface area contributed by atoms with Gasteiger partial charge in [0.05, 0.1) is 22.1 Å². The van der Waals surface area contributed by atoms with Crippen LogP contribution in [-0.2, 0) is 12.8 Å². The monoisotopic (exact) mass is 1000 g/mol. The Kier molecular flexibility index (Phi) is 12.9. The lowest BCUT2D eigenvalue weighted by Crippen LogP contribution is -2.12. The minimum atomic E-state index is 0.348. The van der Waals surface area contributed by atoms with Crippen LogP contribution in [0.1, 0.15) is 40.2 Å². The molecule has 0 spiro atoms. The van der Waals surface area contributed by atoms with E-state index in [0.29, 0.717) is 5.92 Å². The second kappa shape index (κ2) is 21.0. The van der Waals surface area contributed by atoms with Crippen molar-refractivity contribution in [1.29, 1.82) is 0 Å². The van der Waals surface area contributed by atoms with Gasteiger partial charge in [0, 0.05) is 67.0 Å². The second-order valence-corrected chi connectivity index (χ2v) is 20.2. The van der Waals surface area contributed by atoms with Crippen molar-refractivity contribution in [2.24, 2.45) is 0 Å². The van der Waals surface area contributed by atoms with Crippen LogP contribution in [0.4, 0.5) is 34.1 Å². The summed E-state index contributed by atoms with van der Waals surface area (Å²) in [5, 5.41) is 4.98. The normalized spacial score (nSPS) is 11.8. The summed E-state index contributed by atoms with van der Waals surface area (Å²) in [5.41, 5.74) is 19.9. The quantitative estimate of drug-likeness (QED) is 0.0959. The summed E-state index contributed by atoms with van der Waals surface area (Å²) in [6, 6.07) is 99.5. The van der Waals surface area contributed by atoms with E-state index in [4.69, 9.17) is 0 Å². The predicted molar refractivity (Wildman–Crippen MR) is 332 cm³/mol. The molecule has 0 saturated carbocycles. The molecule has 0 aliphatic carbocycles. The molecule has 0 radical (unpaired) electrons. The molecule has 0 fully saturated rings. The largest absolute Gasteiger partial charge is 0.311 e. The van der Waals surface area contributed by atoms with Gasteiger partial charge in [-0.1, -0.05) is 171 Å². The third-order valence-electron chi connectivity index (χ3n) is 15.5. The number of para-hydroxylation sites is 4. The lowest BCUT2D eigenvalue weighted by molar-refractivity contribution is 0.621. The van der Waals surface area contributed by atoms with Gasteiger partial charge in [0.2, 0.25) is 0 Å². The third kappa shape index (κ3) is 9.14.